The van der Waals surface area contributed by atoms with Crippen LogP contribution in [0.25, 0.3) is 33.4 Å². The van der Waals surface area contributed by atoms with Gasteiger partial charge in [0.15, 0.2) is 0 Å². The van der Waals surface area contributed by atoms with Crippen LogP contribution in [0.4, 0.5) is 10.1 Å². The summed E-state index contributed by atoms with van der Waals surface area (Å²) in [4.78, 5) is 12.0. The Labute approximate surface area is 216 Å². The average Bonchev–Trinajstić information content (AvgIpc) is 3.32. The molecule has 0 amide bonds. The first-order valence-corrected chi connectivity index (χ1v) is 12.6. The van der Waals surface area contributed by atoms with Gasteiger partial charge in [-0.2, -0.15) is 5.26 Å². The Hall–Kier alpha value is -4.09. The smallest absolute Gasteiger partial charge is 0.141 e. The van der Waals surface area contributed by atoms with Crippen LogP contribution in [0.3, 0.4) is 0 Å². The van der Waals surface area contributed by atoms with Crippen LogP contribution < -0.4 is 5.32 Å². The van der Waals surface area contributed by atoms with E-state index >= 15 is 0 Å². The zero-order valence-electron chi connectivity index (χ0n) is 21.1. The van der Waals surface area contributed by atoms with Crippen molar-refractivity contribution in [1.29, 1.82) is 10.7 Å². The third-order valence-corrected chi connectivity index (χ3v) is 7.19. The molecule has 1 fully saturated rings. The van der Waals surface area contributed by atoms with Gasteiger partial charge in [0, 0.05) is 41.7 Å². The Morgan fingerprint density at radius 2 is 1.95 bits per heavy atom. The molecule has 188 valence electrons. The lowest BCUT2D eigenvalue weighted by Crippen LogP contribution is -2.31. The van der Waals surface area contributed by atoms with Gasteiger partial charge in [-0.25, -0.2) is 9.37 Å². The highest BCUT2D eigenvalue weighted by molar-refractivity contribution is 6.00. The Morgan fingerprint density at radius 3 is 2.65 bits per heavy atom. The van der Waals surface area contributed by atoms with Gasteiger partial charge >= 0.3 is 0 Å². The van der Waals surface area contributed by atoms with Gasteiger partial charge in [-0.15, -0.1) is 0 Å². The van der Waals surface area contributed by atoms with Crippen molar-refractivity contribution in [1.82, 2.24) is 19.4 Å². The Bertz CT molecular complexity index is 1490. The maximum absolute atomic E-state index is 14.8. The molecule has 7 nitrogen and oxygen atoms in total. The van der Waals surface area contributed by atoms with E-state index in [0.29, 0.717) is 17.2 Å². The second-order valence-corrected chi connectivity index (χ2v) is 9.64. The van der Waals surface area contributed by atoms with Crippen LogP contribution in [0.5, 0.6) is 0 Å². The van der Waals surface area contributed by atoms with Crippen molar-refractivity contribution in [2.24, 2.45) is 5.92 Å². The number of aromatic nitrogens is 3. The summed E-state index contributed by atoms with van der Waals surface area (Å²) < 4.78 is 16.9. The number of imidazole rings is 1. The molecule has 0 unspecified atom stereocenters. The molecule has 0 spiro atoms. The quantitative estimate of drug-likeness (QED) is 0.328. The summed E-state index contributed by atoms with van der Waals surface area (Å²) in [6.07, 6.45) is 7.30. The first-order valence-electron chi connectivity index (χ1n) is 12.6. The van der Waals surface area contributed by atoms with E-state index in [9.17, 15) is 9.65 Å². The summed E-state index contributed by atoms with van der Waals surface area (Å²) >= 11 is 0. The van der Waals surface area contributed by atoms with Crippen LogP contribution in [-0.4, -0.2) is 52.3 Å². The number of nitriles is 1. The molecule has 8 heteroatoms. The largest absolute Gasteiger partial charge is 0.385 e. The highest BCUT2D eigenvalue weighted by Gasteiger charge is 2.22. The molecule has 2 aromatic carbocycles. The molecular weight excluding hydrogens is 465 g/mol. The SMILES string of the molecule is CCNc1ccc(-c2ncc3c(ncn3CC3CCN(C)CC3)c2-c2ccc(C#N)c(F)c2)cc1C=N. The molecule has 3 heterocycles. The highest BCUT2D eigenvalue weighted by atomic mass is 19.1. The topological polar surface area (TPSA) is 93.6 Å². The minimum atomic E-state index is -0.573. The van der Waals surface area contributed by atoms with Crippen LogP contribution >= 0.6 is 0 Å². The number of nitrogens with one attached hydrogen (secondary N) is 2. The van der Waals surface area contributed by atoms with Crippen molar-refractivity contribution in [3.8, 4) is 28.5 Å². The van der Waals surface area contributed by atoms with E-state index in [1.165, 1.54) is 18.3 Å². The number of pyridine rings is 1. The first kappa shape index (κ1) is 24.6. The van der Waals surface area contributed by atoms with E-state index in [1.807, 2.05) is 43.7 Å². The molecule has 2 aromatic heterocycles. The summed E-state index contributed by atoms with van der Waals surface area (Å²) in [6.45, 7) is 5.80. The summed E-state index contributed by atoms with van der Waals surface area (Å²) in [7, 11) is 2.16. The van der Waals surface area contributed by atoms with Crippen molar-refractivity contribution in [2.45, 2.75) is 26.3 Å². The Kier molecular flexibility index (Phi) is 6.97. The van der Waals surface area contributed by atoms with E-state index in [4.69, 9.17) is 15.4 Å². The molecular formula is C29H30FN7. The van der Waals surface area contributed by atoms with Crippen molar-refractivity contribution >= 4 is 22.9 Å². The second kappa shape index (κ2) is 10.5. The van der Waals surface area contributed by atoms with Gasteiger partial charge in [0.05, 0.1) is 29.3 Å². The molecule has 0 bridgehead atoms. The number of nitrogens with zero attached hydrogens (tertiary/aromatic N) is 5. The summed E-state index contributed by atoms with van der Waals surface area (Å²) in [5.74, 6) is -0.00534. The lowest BCUT2D eigenvalue weighted by Gasteiger charge is -2.29. The van der Waals surface area contributed by atoms with Crippen LogP contribution in [0.1, 0.15) is 30.9 Å². The molecule has 0 atom stereocenters. The van der Waals surface area contributed by atoms with E-state index < -0.39 is 5.82 Å². The number of anilines is 1. The molecule has 1 aliphatic rings. The summed E-state index contributed by atoms with van der Waals surface area (Å²) in [5, 5.41) is 20.4. The predicted octanol–water partition coefficient (Wildman–Crippen LogP) is 5.55. The zero-order chi connectivity index (χ0) is 25.9. The van der Waals surface area contributed by atoms with Crippen LogP contribution in [0.2, 0.25) is 0 Å². The molecule has 2 N–H and O–H groups in total. The van der Waals surface area contributed by atoms with Gasteiger partial charge in [-0.1, -0.05) is 12.1 Å². The fourth-order valence-electron chi connectivity index (χ4n) is 5.12. The van der Waals surface area contributed by atoms with E-state index in [1.54, 1.807) is 6.07 Å². The number of likely N-dealkylation sites (tertiary alicyclic amines) is 1. The summed E-state index contributed by atoms with van der Waals surface area (Å²) in [5.41, 5.74) is 6.06. The van der Waals surface area contributed by atoms with Crippen LogP contribution in [0.15, 0.2) is 48.9 Å². The first-order chi connectivity index (χ1) is 18.0. The van der Waals surface area contributed by atoms with Gasteiger partial charge < -0.3 is 20.2 Å². The minimum Gasteiger partial charge on any atom is -0.385 e. The third-order valence-electron chi connectivity index (χ3n) is 7.19. The van der Waals surface area contributed by atoms with Gasteiger partial charge in [0.25, 0.3) is 0 Å². The van der Waals surface area contributed by atoms with E-state index in [-0.39, 0.29) is 5.56 Å². The number of rotatable bonds is 7. The van der Waals surface area contributed by atoms with Crippen molar-refractivity contribution < 1.29 is 4.39 Å². The van der Waals surface area contributed by atoms with Crippen molar-refractivity contribution in [2.75, 3.05) is 32.0 Å². The van der Waals surface area contributed by atoms with Crippen molar-refractivity contribution in [3.05, 3.63) is 65.9 Å². The van der Waals surface area contributed by atoms with Crippen molar-refractivity contribution in [3.63, 3.8) is 0 Å². The zero-order valence-corrected chi connectivity index (χ0v) is 21.1. The number of hydrogen-bond acceptors (Lipinski definition) is 6. The second-order valence-electron chi connectivity index (χ2n) is 9.64. The molecule has 4 aromatic rings. The maximum Gasteiger partial charge on any atom is 0.141 e. The standard InChI is InChI=1S/C29H30FN7/c1-3-33-25-7-6-21(12-23(25)15-32)28-27(20-4-5-22(14-31)24(30)13-20)29-26(16-34-28)37(18-35-29)17-19-8-10-36(2)11-9-19/h4-7,12-13,15-16,18-19,32-33H,3,8-11,17H2,1-2H3. The van der Waals surface area contributed by atoms with E-state index in [2.05, 4.69) is 21.8 Å². The molecule has 1 saturated heterocycles. The van der Waals surface area contributed by atoms with E-state index in [0.717, 1.165) is 72.4 Å². The van der Waals surface area contributed by atoms with Crippen LogP contribution in [0, 0.1) is 28.5 Å². The average molecular weight is 496 g/mol. The molecule has 0 saturated carbocycles. The van der Waals surface area contributed by atoms with Gasteiger partial charge in [-0.3, -0.25) is 4.98 Å². The minimum absolute atomic E-state index is 0.000634. The lowest BCUT2D eigenvalue weighted by molar-refractivity contribution is 0.206. The molecule has 37 heavy (non-hydrogen) atoms. The summed E-state index contributed by atoms with van der Waals surface area (Å²) in [6, 6.07) is 12.3. The lowest BCUT2D eigenvalue weighted by atomic mass is 9.95. The molecule has 5 rings (SSSR count). The normalized spacial score (nSPS) is 14.5. The highest BCUT2D eigenvalue weighted by Crippen LogP contribution is 2.38. The number of hydrogen-bond donors (Lipinski definition) is 2. The molecule has 0 radical (unpaired) electrons. The predicted molar refractivity (Wildman–Crippen MR) is 145 cm³/mol. The number of fused-ring (bicyclic) bond motifs is 1. The third kappa shape index (κ3) is 4.83. The fraction of sp³-hybridized carbons (Fsp3) is 0.310. The van der Waals surface area contributed by atoms with Gasteiger partial charge in [-0.05, 0) is 75.6 Å². The Morgan fingerprint density at radius 1 is 1.16 bits per heavy atom. The van der Waals surface area contributed by atoms with Gasteiger partial charge in [0.2, 0.25) is 0 Å². The molecule has 0 aliphatic carbocycles. The number of halogens is 1. The fourth-order valence-corrected chi connectivity index (χ4v) is 5.12. The number of piperidine rings is 1. The maximum atomic E-state index is 14.8. The number of benzene rings is 2. The Balaban J connectivity index is 1.65. The molecule has 1 aliphatic heterocycles. The van der Waals surface area contributed by atoms with Crippen LogP contribution in [-0.2, 0) is 6.54 Å². The van der Waals surface area contributed by atoms with Gasteiger partial charge in [0.1, 0.15) is 17.4 Å². The monoisotopic (exact) mass is 495 g/mol.